The third kappa shape index (κ3) is 14.0. The van der Waals surface area contributed by atoms with E-state index in [9.17, 15) is 45.6 Å². The van der Waals surface area contributed by atoms with Crippen LogP contribution in [-0.2, 0) is 41.6 Å². The highest BCUT2D eigenvalue weighted by atomic mass is 32.2. The summed E-state index contributed by atoms with van der Waals surface area (Å²) in [6, 6.07) is 16.3. The summed E-state index contributed by atoms with van der Waals surface area (Å²) < 4.78 is 93.9. The quantitative estimate of drug-likeness (QED) is 0.0451. The number of halogens is 3. The number of alkyl halides is 3. The molecule has 0 spiro atoms. The lowest BCUT2D eigenvalue weighted by atomic mass is 9.75. The molecule has 0 atom stereocenters. The number of sulfonamides is 1. The first kappa shape index (κ1) is 60.5. The van der Waals surface area contributed by atoms with Gasteiger partial charge in [0.05, 0.1) is 84.9 Å². The van der Waals surface area contributed by atoms with E-state index in [2.05, 4.69) is 41.2 Å². The van der Waals surface area contributed by atoms with Crippen LogP contribution in [-0.4, -0.2) is 142 Å². The Kier molecular flexibility index (Phi) is 18.3. The van der Waals surface area contributed by atoms with Crippen LogP contribution in [0.2, 0.25) is 0 Å². The number of primary amides is 1. The Balaban J connectivity index is 0.651. The molecule has 5 aromatic rings. The third-order valence-corrected chi connectivity index (χ3v) is 16.1. The lowest BCUT2D eigenvalue weighted by Gasteiger charge is -2.33. The molecule has 0 unspecified atom stereocenters. The summed E-state index contributed by atoms with van der Waals surface area (Å²) in [5.41, 5.74) is 6.30. The fourth-order valence-corrected chi connectivity index (χ4v) is 12.0. The van der Waals surface area contributed by atoms with Gasteiger partial charge in [-0.05, 0) is 99.7 Å². The van der Waals surface area contributed by atoms with Crippen LogP contribution in [0.25, 0.3) is 5.69 Å². The Morgan fingerprint density at radius 3 is 2.21 bits per heavy atom. The molecule has 2 fully saturated rings. The van der Waals surface area contributed by atoms with Gasteiger partial charge in [-0.15, -0.1) is 0 Å². The van der Waals surface area contributed by atoms with E-state index >= 15 is 0 Å². The highest BCUT2D eigenvalue weighted by Crippen LogP contribution is 2.44. The molecule has 0 bridgehead atoms. The maximum absolute atomic E-state index is 14.1. The Labute approximate surface area is 484 Å². The molecule has 2 aliphatic carbocycles. The lowest BCUT2D eigenvalue weighted by molar-refractivity contribution is -0.141. The monoisotopic (exact) mass is 1190 g/mol. The van der Waals surface area contributed by atoms with Crippen molar-refractivity contribution in [1.29, 1.82) is 0 Å². The van der Waals surface area contributed by atoms with Crippen molar-refractivity contribution < 1.29 is 64.5 Å². The molecule has 1 saturated carbocycles. The summed E-state index contributed by atoms with van der Waals surface area (Å²) in [4.78, 5) is 77.1. The number of nitrogens with two attached hydrogens (primary N) is 1. The van der Waals surface area contributed by atoms with E-state index < -0.39 is 56.6 Å². The zero-order valence-electron chi connectivity index (χ0n) is 47.3. The first-order chi connectivity index (χ1) is 40.0. The maximum Gasteiger partial charge on any atom is 0.435 e. The van der Waals surface area contributed by atoms with Crippen LogP contribution in [0.1, 0.15) is 108 Å². The first-order valence-electron chi connectivity index (χ1n) is 27.8. The number of carbonyl (C=O) groups is 5. The number of benzene rings is 3. The smallest absolute Gasteiger partial charge is 0.435 e. The highest BCUT2D eigenvalue weighted by Gasteiger charge is 2.46. The number of anilines is 7. The molecule has 6 N–H and O–H groups in total. The van der Waals surface area contributed by atoms with Gasteiger partial charge in [-0.1, -0.05) is 26.0 Å². The van der Waals surface area contributed by atoms with Crippen LogP contribution in [0, 0.1) is 11.3 Å². The molecule has 0 radical (unpaired) electrons. The number of carbonyl (C=O) groups excluding carboxylic acids is 5. The van der Waals surface area contributed by atoms with Crippen LogP contribution in [0.3, 0.4) is 0 Å². The topological polar surface area (TPSA) is 284 Å². The number of alkyl carbamates (subject to hydrolysis) is 1. The van der Waals surface area contributed by atoms with Gasteiger partial charge < -0.3 is 55.7 Å². The first-order valence-corrected chi connectivity index (χ1v) is 29.7. The SMILES string of the molecule is CCOc1cc(N2CCC(C(=O)NCCOCCOCCNC(=O)OC3CCC(Nc4cc(-n5nc(C(F)(F)F)c6c5CC(C)(C)CC6=O)ccc4C(N)=O)CC3)CC2)ccc1Nc1ncc2c(n1)N(S(C)(=O)=O)c1ccccc1C(=O)N2C. The minimum Gasteiger partial charge on any atom is -0.492 e. The standard InChI is InChI=1S/C57H69F3N12O11S/c1-6-82-47-30-36(14-18-41(47)66-54-64-33-45-51(67-54)72(84(5,78)79)43-10-8-7-9-40(43)53(76)69(45)4)70-23-19-34(20-24-70)52(75)62-21-25-80-27-28-81-26-22-63-55(77)83-38-15-11-35(12-16-38)65-42-29-37(13-17-39(42)50(61)74)71-44-31-56(2,3)32-46(73)48(44)49(68-71)57(58,59)60/h7-10,13-14,17-18,29-30,33-35,38,65H,6,11-12,15-16,19-28,31-32H2,1-5H3,(H2,61,74)(H,62,75)(H,63,77)(H,64,66,67). The van der Waals surface area contributed by atoms with Crippen LogP contribution in [0.5, 0.6) is 5.75 Å². The van der Waals surface area contributed by atoms with Crippen molar-refractivity contribution in [2.24, 2.45) is 17.1 Å². The van der Waals surface area contributed by atoms with Crippen LogP contribution in [0.4, 0.5) is 58.2 Å². The molecule has 3 aromatic carbocycles. The van der Waals surface area contributed by atoms with Gasteiger partial charge in [-0.2, -0.15) is 23.3 Å². The van der Waals surface area contributed by atoms with Gasteiger partial charge >= 0.3 is 12.3 Å². The maximum atomic E-state index is 14.1. The molecular weight excluding hydrogens is 1120 g/mol. The van der Waals surface area contributed by atoms with Crippen molar-refractivity contribution in [2.75, 3.05) is 97.3 Å². The Morgan fingerprint density at radius 1 is 0.845 bits per heavy atom. The average molecular weight is 1190 g/mol. The van der Waals surface area contributed by atoms with Crippen LogP contribution >= 0.6 is 0 Å². The molecule has 84 heavy (non-hydrogen) atoms. The molecule has 450 valence electrons. The van der Waals surface area contributed by atoms with Crippen molar-refractivity contribution in [3.8, 4) is 11.4 Å². The second-order valence-electron chi connectivity index (χ2n) is 21.9. The van der Waals surface area contributed by atoms with Gasteiger partial charge in [0.2, 0.25) is 21.9 Å². The van der Waals surface area contributed by atoms with E-state index in [1.165, 1.54) is 36.3 Å². The van der Waals surface area contributed by atoms with E-state index in [0.717, 1.165) is 20.9 Å². The summed E-state index contributed by atoms with van der Waals surface area (Å²) >= 11 is 0. The second kappa shape index (κ2) is 25.4. The van der Waals surface area contributed by atoms with Crippen molar-refractivity contribution >= 4 is 79.8 Å². The molecule has 27 heteroatoms. The van der Waals surface area contributed by atoms with Gasteiger partial charge in [0.15, 0.2) is 17.3 Å². The summed E-state index contributed by atoms with van der Waals surface area (Å²) in [5, 5.41) is 16.0. The number of para-hydroxylation sites is 1. The van der Waals surface area contributed by atoms with E-state index in [-0.39, 0.29) is 115 Å². The van der Waals surface area contributed by atoms with Gasteiger partial charge in [0.25, 0.3) is 11.8 Å². The van der Waals surface area contributed by atoms with Crippen molar-refractivity contribution in [3.63, 3.8) is 0 Å². The molecule has 4 heterocycles. The van der Waals surface area contributed by atoms with Gasteiger partial charge in [0.1, 0.15) is 17.5 Å². The number of piperidine rings is 1. The predicted octanol–water partition coefficient (Wildman–Crippen LogP) is 7.28. The highest BCUT2D eigenvalue weighted by molar-refractivity contribution is 7.92. The Morgan fingerprint density at radius 2 is 1.54 bits per heavy atom. The third-order valence-electron chi connectivity index (χ3n) is 15.1. The molecule has 4 amide bonds. The number of hydrogen-bond donors (Lipinski definition) is 5. The van der Waals surface area contributed by atoms with E-state index in [1.54, 1.807) is 24.3 Å². The Hall–Kier alpha value is -8.04. The number of ether oxygens (including phenoxy) is 4. The van der Waals surface area contributed by atoms with Crippen molar-refractivity contribution in [2.45, 2.75) is 90.5 Å². The van der Waals surface area contributed by atoms with E-state index in [4.69, 9.17) is 24.7 Å². The molecule has 23 nitrogen and oxygen atoms in total. The molecule has 2 aliphatic heterocycles. The normalized spacial score (nSPS) is 18.0. The predicted molar refractivity (Wildman–Crippen MR) is 306 cm³/mol. The minimum atomic E-state index is -4.85. The number of nitrogens with one attached hydrogen (secondary N) is 4. The summed E-state index contributed by atoms with van der Waals surface area (Å²) in [5.74, 6) is -1.38. The van der Waals surface area contributed by atoms with Gasteiger partial charge in [-0.3, -0.25) is 19.2 Å². The summed E-state index contributed by atoms with van der Waals surface area (Å²) in [6.07, 6.45) is 0.157. The number of hydrogen-bond acceptors (Lipinski definition) is 17. The second-order valence-corrected chi connectivity index (χ2v) is 23.7. The number of rotatable bonds is 21. The Bertz CT molecular complexity index is 3400. The number of aromatic nitrogens is 4. The molecule has 4 aliphatic rings. The van der Waals surface area contributed by atoms with Crippen LogP contribution < -0.4 is 45.8 Å². The number of fused-ring (bicyclic) bond motifs is 3. The van der Waals surface area contributed by atoms with Crippen LogP contribution in [0.15, 0.2) is 66.9 Å². The van der Waals surface area contributed by atoms with Crippen molar-refractivity contribution in [1.82, 2.24) is 30.4 Å². The van der Waals surface area contributed by atoms with Crippen molar-refractivity contribution in [3.05, 3.63) is 94.9 Å². The molecule has 9 rings (SSSR count). The number of amides is 4. The van der Waals surface area contributed by atoms with Gasteiger partial charge in [-0.25, -0.2) is 27.2 Å². The number of nitrogens with zero attached hydrogens (tertiary/aromatic N) is 7. The minimum absolute atomic E-state index is 0.0110. The number of ketones is 1. The fourth-order valence-electron chi connectivity index (χ4n) is 11.0. The largest absolute Gasteiger partial charge is 0.492 e. The summed E-state index contributed by atoms with van der Waals surface area (Å²) in [6.45, 7) is 8.66. The van der Waals surface area contributed by atoms with Gasteiger partial charge in [0, 0.05) is 69.0 Å². The van der Waals surface area contributed by atoms with E-state index in [0.29, 0.717) is 81.9 Å². The van der Waals surface area contributed by atoms with E-state index in [1.807, 2.05) is 39.0 Å². The molecular formula is C57H69F3N12O11S. The number of Topliss-reactive ketones (excluding diaryl/α,β-unsaturated/α-hetero) is 1. The lowest BCUT2D eigenvalue weighted by Crippen LogP contribution is -2.41. The average Bonchev–Trinajstić information content (AvgIpc) is 1.81. The summed E-state index contributed by atoms with van der Waals surface area (Å²) in [7, 11) is -2.41. The fraction of sp³-hybridized carbons (Fsp3) is 0.474. The molecule has 2 aromatic heterocycles. The zero-order valence-corrected chi connectivity index (χ0v) is 48.2. The molecule has 1 saturated heterocycles. The zero-order chi connectivity index (χ0) is 60.1.